The second-order valence-corrected chi connectivity index (χ2v) is 6.78. The fourth-order valence-electron chi connectivity index (χ4n) is 3.61. The lowest BCUT2D eigenvalue weighted by Gasteiger charge is -2.44. The maximum Gasteiger partial charge on any atom is 0.0281 e. The molecule has 1 aromatic rings. The Morgan fingerprint density at radius 2 is 1.75 bits per heavy atom. The average Bonchev–Trinajstić information content (AvgIpc) is 2.48. The molecule has 0 aliphatic carbocycles. The zero-order valence-electron chi connectivity index (χ0n) is 12.9. The molecule has 2 aliphatic heterocycles. The van der Waals surface area contributed by atoms with Crippen molar-refractivity contribution < 1.29 is 0 Å². The SMILES string of the molecule is CC(C)(CN1CCc2ccccc2C1)N1CCNCC1. The van der Waals surface area contributed by atoms with Crippen LogP contribution in [0.3, 0.4) is 0 Å². The van der Waals surface area contributed by atoms with E-state index < -0.39 is 0 Å². The third kappa shape index (κ3) is 3.05. The molecule has 0 amide bonds. The van der Waals surface area contributed by atoms with Gasteiger partial charge in [-0.1, -0.05) is 24.3 Å². The fraction of sp³-hybridized carbons (Fsp3) is 0.647. The number of hydrogen-bond acceptors (Lipinski definition) is 3. The fourth-order valence-corrected chi connectivity index (χ4v) is 3.61. The van der Waals surface area contributed by atoms with Crippen LogP contribution in [0.4, 0.5) is 0 Å². The molecule has 1 N–H and O–H groups in total. The van der Waals surface area contributed by atoms with E-state index >= 15 is 0 Å². The van der Waals surface area contributed by atoms with Crippen LogP contribution in [-0.4, -0.2) is 54.6 Å². The van der Waals surface area contributed by atoms with Crippen LogP contribution in [0, 0.1) is 0 Å². The Hall–Kier alpha value is -0.900. The van der Waals surface area contributed by atoms with E-state index in [2.05, 4.69) is 53.2 Å². The highest BCUT2D eigenvalue weighted by Gasteiger charge is 2.30. The molecular weight excluding hydrogens is 246 g/mol. The van der Waals surface area contributed by atoms with Gasteiger partial charge < -0.3 is 5.32 Å². The number of rotatable bonds is 3. The van der Waals surface area contributed by atoms with Gasteiger partial charge in [-0.15, -0.1) is 0 Å². The summed E-state index contributed by atoms with van der Waals surface area (Å²) in [7, 11) is 0. The summed E-state index contributed by atoms with van der Waals surface area (Å²) in [5, 5.41) is 3.45. The van der Waals surface area contributed by atoms with E-state index in [0.29, 0.717) is 0 Å². The van der Waals surface area contributed by atoms with Crippen molar-refractivity contribution in [3.8, 4) is 0 Å². The highest BCUT2D eigenvalue weighted by atomic mass is 15.3. The Bertz CT molecular complexity index is 449. The lowest BCUT2D eigenvalue weighted by atomic mass is 9.96. The first-order chi connectivity index (χ1) is 9.65. The zero-order valence-corrected chi connectivity index (χ0v) is 12.9. The minimum Gasteiger partial charge on any atom is -0.314 e. The first-order valence-electron chi connectivity index (χ1n) is 7.90. The van der Waals surface area contributed by atoms with Crippen LogP contribution >= 0.6 is 0 Å². The molecular formula is C17H27N3. The quantitative estimate of drug-likeness (QED) is 0.905. The number of nitrogens with zero attached hydrogens (tertiary/aromatic N) is 2. The summed E-state index contributed by atoms with van der Waals surface area (Å²) in [5.41, 5.74) is 3.34. The van der Waals surface area contributed by atoms with Crippen molar-refractivity contribution in [3.63, 3.8) is 0 Å². The molecule has 1 saturated heterocycles. The maximum absolute atomic E-state index is 3.45. The molecule has 0 bridgehead atoms. The summed E-state index contributed by atoms with van der Waals surface area (Å²) in [4.78, 5) is 5.27. The van der Waals surface area contributed by atoms with Gasteiger partial charge >= 0.3 is 0 Å². The first kappa shape index (κ1) is 14.1. The molecule has 3 nitrogen and oxygen atoms in total. The van der Waals surface area contributed by atoms with Gasteiger partial charge in [0.05, 0.1) is 0 Å². The van der Waals surface area contributed by atoms with E-state index in [1.807, 2.05) is 0 Å². The van der Waals surface area contributed by atoms with Gasteiger partial charge in [0.15, 0.2) is 0 Å². The summed E-state index contributed by atoms with van der Waals surface area (Å²) in [5.74, 6) is 0. The predicted molar refractivity (Wildman–Crippen MR) is 83.9 cm³/mol. The van der Waals surface area contributed by atoms with Crippen molar-refractivity contribution in [1.29, 1.82) is 0 Å². The number of nitrogens with one attached hydrogen (secondary N) is 1. The Labute approximate surface area is 123 Å². The van der Waals surface area contributed by atoms with Gasteiger partial charge in [0.1, 0.15) is 0 Å². The van der Waals surface area contributed by atoms with E-state index in [1.54, 1.807) is 5.56 Å². The molecule has 110 valence electrons. The Balaban J connectivity index is 1.63. The average molecular weight is 273 g/mol. The van der Waals surface area contributed by atoms with E-state index in [9.17, 15) is 0 Å². The summed E-state index contributed by atoms with van der Waals surface area (Å²) in [6.07, 6.45) is 1.20. The number of hydrogen-bond donors (Lipinski definition) is 1. The summed E-state index contributed by atoms with van der Waals surface area (Å²) in [6, 6.07) is 8.91. The monoisotopic (exact) mass is 273 g/mol. The van der Waals surface area contributed by atoms with Crippen molar-refractivity contribution in [1.82, 2.24) is 15.1 Å². The second kappa shape index (κ2) is 5.84. The van der Waals surface area contributed by atoms with Crippen LogP contribution in [-0.2, 0) is 13.0 Å². The molecule has 2 heterocycles. The topological polar surface area (TPSA) is 18.5 Å². The number of benzene rings is 1. The van der Waals surface area contributed by atoms with Gasteiger partial charge in [-0.3, -0.25) is 9.80 Å². The van der Waals surface area contributed by atoms with Crippen LogP contribution in [0.2, 0.25) is 0 Å². The van der Waals surface area contributed by atoms with Crippen molar-refractivity contribution in [3.05, 3.63) is 35.4 Å². The molecule has 0 aromatic heterocycles. The molecule has 1 fully saturated rings. The van der Waals surface area contributed by atoms with Crippen LogP contribution in [0.1, 0.15) is 25.0 Å². The van der Waals surface area contributed by atoms with Crippen LogP contribution in [0.15, 0.2) is 24.3 Å². The van der Waals surface area contributed by atoms with Gasteiger partial charge in [0, 0.05) is 51.4 Å². The standard InChI is InChI=1S/C17H27N3/c1-17(2,20-11-8-18-9-12-20)14-19-10-7-15-5-3-4-6-16(15)13-19/h3-6,18H,7-14H2,1-2H3. The third-order valence-corrected chi connectivity index (χ3v) is 4.79. The first-order valence-corrected chi connectivity index (χ1v) is 7.90. The number of fused-ring (bicyclic) bond motifs is 1. The van der Waals surface area contributed by atoms with Gasteiger partial charge in [0.2, 0.25) is 0 Å². The Morgan fingerprint density at radius 3 is 2.50 bits per heavy atom. The normalized spacial score (nSPS) is 21.7. The summed E-state index contributed by atoms with van der Waals surface area (Å²) < 4.78 is 0. The van der Waals surface area contributed by atoms with Gasteiger partial charge in [-0.25, -0.2) is 0 Å². The molecule has 3 heteroatoms. The summed E-state index contributed by atoms with van der Waals surface area (Å²) in [6.45, 7) is 12.9. The van der Waals surface area contributed by atoms with Crippen molar-refractivity contribution in [2.75, 3.05) is 39.3 Å². The highest BCUT2D eigenvalue weighted by Crippen LogP contribution is 2.23. The molecule has 0 spiro atoms. The van der Waals surface area contributed by atoms with Gasteiger partial charge in [0.25, 0.3) is 0 Å². The minimum atomic E-state index is 0.272. The van der Waals surface area contributed by atoms with Crippen molar-refractivity contribution in [2.24, 2.45) is 0 Å². The summed E-state index contributed by atoms with van der Waals surface area (Å²) >= 11 is 0. The molecule has 0 atom stereocenters. The van der Waals surface area contributed by atoms with Crippen LogP contribution in [0.25, 0.3) is 0 Å². The largest absolute Gasteiger partial charge is 0.314 e. The van der Waals surface area contributed by atoms with E-state index in [-0.39, 0.29) is 5.54 Å². The lowest BCUT2D eigenvalue weighted by Crippen LogP contribution is -2.58. The molecule has 20 heavy (non-hydrogen) atoms. The predicted octanol–water partition coefficient (Wildman–Crippen LogP) is 1.73. The molecule has 0 radical (unpaired) electrons. The smallest absolute Gasteiger partial charge is 0.0281 e. The third-order valence-electron chi connectivity index (χ3n) is 4.79. The maximum atomic E-state index is 3.45. The van der Waals surface area contributed by atoms with Crippen LogP contribution in [0.5, 0.6) is 0 Å². The van der Waals surface area contributed by atoms with Gasteiger partial charge in [-0.2, -0.15) is 0 Å². The number of piperazine rings is 1. The minimum absolute atomic E-state index is 0.272. The van der Waals surface area contributed by atoms with E-state index in [1.165, 1.54) is 38.2 Å². The Kier molecular flexibility index (Phi) is 4.11. The van der Waals surface area contributed by atoms with E-state index in [4.69, 9.17) is 0 Å². The highest BCUT2D eigenvalue weighted by molar-refractivity contribution is 5.29. The van der Waals surface area contributed by atoms with Crippen molar-refractivity contribution in [2.45, 2.75) is 32.4 Å². The van der Waals surface area contributed by atoms with Crippen molar-refractivity contribution >= 4 is 0 Å². The lowest BCUT2D eigenvalue weighted by molar-refractivity contribution is 0.0586. The molecule has 2 aliphatic rings. The molecule has 3 rings (SSSR count). The van der Waals surface area contributed by atoms with E-state index in [0.717, 1.165) is 19.6 Å². The van der Waals surface area contributed by atoms with Crippen LogP contribution < -0.4 is 5.32 Å². The second-order valence-electron chi connectivity index (χ2n) is 6.78. The Morgan fingerprint density at radius 1 is 1.05 bits per heavy atom. The molecule has 0 unspecified atom stereocenters. The molecule has 0 saturated carbocycles. The van der Waals surface area contributed by atoms with Gasteiger partial charge in [-0.05, 0) is 31.4 Å². The molecule has 1 aromatic carbocycles. The zero-order chi connectivity index (χ0) is 14.0.